The van der Waals surface area contributed by atoms with Gasteiger partial charge >= 0.3 is 0 Å². The summed E-state index contributed by atoms with van der Waals surface area (Å²) in [5, 5.41) is 17.1. The molecule has 2 aromatic carbocycles. The molecule has 0 unspecified atom stereocenters. The summed E-state index contributed by atoms with van der Waals surface area (Å²) in [5.74, 6) is -0.466. The summed E-state index contributed by atoms with van der Waals surface area (Å²) in [6.45, 7) is 0.966. The number of anilines is 2. The maximum absolute atomic E-state index is 13.2. The number of hydrogen-bond acceptors (Lipinski definition) is 8. The van der Waals surface area contributed by atoms with E-state index in [4.69, 9.17) is 0 Å². The van der Waals surface area contributed by atoms with E-state index in [0.717, 1.165) is 22.7 Å². The molecule has 0 atom stereocenters. The topological polar surface area (TPSA) is 125 Å². The first-order valence-corrected chi connectivity index (χ1v) is 14.0. The van der Waals surface area contributed by atoms with E-state index < -0.39 is 20.9 Å². The average Bonchev–Trinajstić information content (AvgIpc) is 3.38. The third kappa shape index (κ3) is 6.45. The van der Waals surface area contributed by atoms with Gasteiger partial charge in [-0.1, -0.05) is 12.1 Å². The predicted octanol–water partition coefficient (Wildman–Crippen LogP) is 3.92. The van der Waals surface area contributed by atoms with E-state index in [-0.39, 0.29) is 28.0 Å². The van der Waals surface area contributed by atoms with Gasteiger partial charge in [0.25, 0.3) is 21.6 Å². The number of piperidine rings is 1. The van der Waals surface area contributed by atoms with Crippen LogP contribution in [0, 0.1) is 10.1 Å². The van der Waals surface area contributed by atoms with Crippen molar-refractivity contribution in [2.75, 3.05) is 37.4 Å². The van der Waals surface area contributed by atoms with Crippen molar-refractivity contribution in [3.8, 4) is 0 Å². The molecule has 1 fully saturated rings. The van der Waals surface area contributed by atoms with E-state index in [1.54, 1.807) is 12.1 Å². The Morgan fingerprint density at radius 2 is 1.84 bits per heavy atom. The first-order chi connectivity index (χ1) is 17.6. The highest BCUT2D eigenvalue weighted by Crippen LogP contribution is 2.28. The van der Waals surface area contributed by atoms with Crippen molar-refractivity contribution >= 4 is 44.3 Å². The maximum Gasteiger partial charge on any atom is 0.270 e. The number of carbonyl (C=O) groups is 1. The monoisotopic (exact) mass is 543 g/mol. The number of amides is 1. The zero-order valence-corrected chi connectivity index (χ0v) is 22.2. The van der Waals surface area contributed by atoms with Crippen LogP contribution in [0.25, 0.3) is 0 Å². The molecule has 0 aliphatic carbocycles. The second-order valence-corrected chi connectivity index (χ2v) is 12.3. The summed E-state index contributed by atoms with van der Waals surface area (Å²) in [6, 6.07) is 17.0. The number of nitrogens with one attached hydrogen (secondary N) is 2. The van der Waals surface area contributed by atoms with Gasteiger partial charge < -0.3 is 15.5 Å². The second kappa shape index (κ2) is 11.3. The SMILES string of the molecule is CN(C)c1cccc(NC2CCN(S(=O)(=O)c3ccc(CNC(=O)c4cccc([N+](=O)[O-])c4)s3)CC2)c1. The lowest BCUT2D eigenvalue weighted by atomic mass is 10.1. The Morgan fingerprint density at radius 3 is 2.54 bits per heavy atom. The molecular weight excluding hydrogens is 514 g/mol. The van der Waals surface area contributed by atoms with Crippen molar-refractivity contribution in [1.29, 1.82) is 0 Å². The molecule has 4 rings (SSSR count). The number of nitro benzene ring substituents is 1. The number of sulfonamides is 1. The van der Waals surface area contributed by atoms with Gasteiger partial charge in [0.1, 0.15) is 4.21 Å². The Labute approximate surface area is 220 Å². The van der Waals surface area contributed by atoms with E-state index in [9.17, 15) is 23.3 Å². The van der Waals surface area contributed by atoms with Gasteiger partial charge in [-0.05, 0) is 49.2 Å². The molecule has 3 aromatic rings. The molecule has 1 aromatic heterocycles. The number of rotatable bonds is 9. The molecule has 1 saturated heterocycles. The molecule has 2 heterocycles. The molecule has 2 N–H and O–H groups in total. The highest BCUT2D eigenvalue weighted by atomic mass is 32.2. The molecule has 0 bridgehead atoms. The van der Waals surface area contributed by atoms with Crippen LogP contribution in [-0.4, -0.2) is 56.8 Å². The summed E-state index contributed by atoms with van der Waals surface area (Å²) in [6.07, 6.45) is 1.39. The van der Waals surface area contributed by atoms with Crippen LogP contribution in [0.4, 0.5) is 17.1 Å². The zero-order chi connectivity index (χ0) is 26.6. The van der Waals surface area contributed by atoms with Crippen molar-refractivity contribution < 1.29 is 18.1 Å². The fraction of sp³-hybridized carbons (Fsp3) is 0.320. The minimum absolute atomic E-state index is 0.125. The smallest absolute Gasteiger partial charge is 0.270 e. The van der Waals surface area contributed by atoms with E-state index in [2.05, 4.69) is 16.7 Å². The lowest BCUT2D eigenvalue weighted by Crippen LogP contribution is -2.42. The highest BCUT2D eigenvalue weighted by molar-refractivity contribution is 7.91. The quantitative estimate of drug-likeness (QED) is 0.310. The summed E-state index contributed by atoms with van der Waals surface area (Å²) >= 11 is 1.11. The van der Waals surface area contributed by atoms with Gasteiger partial charge in [-0.3, -0.25) is 14.9 Å². The molecule has 37 heavy (non-hydrogen) atoms. The third-order valence-corrected chi connectivity index (χ3v) is 9.61. The molecule has 1 amide bonds. The number of nitro groups is 1. The fourth-order valence-corrected chi connectivity index (χ4v) is 7.02. The third-order valence-electron chi connectivity index (χ3n) is 6.16. The fourth-order valence-electron chi connectivity index (χ4n) is 4.10. The van der Waals surface area contributed by atoms with Crippen molar-refractivity contribution in [1.82, 2.24) is 9.62 Å². The van der Waals surface area contributed by atoms with Gasteiger partial charge in [-0.25, -0.2) is 8.42 Å². The minimum atomic E-state index is -3.63. The first-order valence-electron chi connectivity index (χ1n) is 11.8. The second-order valence-electron chi connectivity index (χ2n) is 8.98. The first kappa shape index (κ1) is 26.6. The van der Waals surface area contributed by atoms with E-state index in [1.165, 1.54) is 28.6 Å². The van der Waals surface area contributed by atoms with Crippen LogP contribution in [0.15, 0.2) is 64.9 Å². The van der Waals surface area contributed by atoms with E-state index >= 15 is 0 Å². The van der Waals surface area contributed by atoms with Gasteiger partial charge in [0.15, 0.2) is 0 Å². The molecule has 0 radical (unpaired) electrons. The van der Waals surface area contributed by atoms with Crippen molar-refractivity contribution in [3.05, 3.63) is 81.2 Å². The van der Waals surface area contributed by atoms with Crippen LogP contribution in [-0.2, 0) is 16.6 Å². The van der Waals surface area contributed by atoms with Crippen LogP contribution < -0.4 is 15.5 Å². The molecule has 10 nitrogen and oxygen atoms in total. The molecule has 196 valence electrons. The van der Waals surface area contributed by atoms with Crippen LogP contribution >= 0.6 is 11.3 Å². The van der Waals surface area contributed by atoms with Crippen LogP contribution in [0.2, 0.25) is 0 Å². The minimum Gasteiger partial charge on any atom is -0.382 e. The summed E-state index contributed by atoms with van der Waals surface area (Å²) < 4.78 is 28.2. The van der Waals surface area contributed by atoms with Crippen LogP contribution in [0.3, 0.4) is 0 Å². The number of carbonyl (C=O) groups excluding carboxylic acids is 1. The van der Waals surface area contributed by atoms with Gasteiger partial charge in [0.2, 0.25) is 0 Å². The largest absolute Gasteiger partial charge is 0.382 e. The Morgan fingerprint density at radius 1 is 1.11 bits per heavy atom. The van der Waals surface area contributed by atoms with Gasteiger partial charge in [-0.15, -0.1) is 11.3 Å². The van der Waals surface area contributed by atoms with Crippen LogP contribution in [0.1, 0.15) is 28.1 Å². The Balaban J connectivity index is 1.32. The number of benzene rings is 2. The van der Waals surface area contributed by atoms with Crippen molar-refractivity contribution in [3.63, 3.8) is 0 Å². The Bertz CT molecular complexity index is 1380. The number of non-ortho nitro benzene ring substituents is 1. The molecule has 0 spiro atoms. The van der Waals surface area contributed by atoms with Crippen LogP contribution in [0.5, 0.6) is 0 Å². The zero-order valence-electron chi connectivity index (χ0n) is 20.6. The standard InChI is InChI=1S/C25H29N5O5S2/c1-28(2)21-7-4-6-20(16-21)27-19-11-13-29(14-12-19)37(34,35)24-10-9-23(36-24)17-26-25(31)18-5-3-8-22(15-18)30(32)33/h3-10,15-16,19,27H,11-14,17H2,1-2H3,(H,26,31). The van der Waals surface area contributed by atoms with Crippen molar-refractivity contribution in [2.24, 2.45) is 0 Å². The number of hydrogen-bond donors (Lipinski definition) is 2. The van der Waals surface area contributed by atoms with Crippen molar-refractivity contribution in [2.45, 2.75) is 29.6 Å². The lowest BCUT2D eigenvalue weighted by molar-refractivity contribution is -0.384. The molecule has 12 heteroatoms. The number of nitrogens with zero attached hydrogens (tertiary/aromatic N) is 3. The average molecular weight is 544 g/mol. The van der Waals surface area contributed by atoms with Gasteiger partial charge in [0.05, 0.1) is 11.5 Å². The molecule has 1 aliphatic rings. The van der Waals surface area contributed by atoms with Gasteiger partial charge in [0, 0.05) is 67.2 Å². The summed E-state index contributed by atoms with van der Waals surface area (Å²) in [5.41, 5.74) is 2.11. The maximum atomic E-state index is 13.2. The van der Waals surface area contributed by atoms with E-state index in [0.29, 0.717) is 30.8 Å². The molecule has 1 aliphatic heterocycles. The Hall–Kier alpha value is -3.48. The van der Waals surface area contributed by atoms with Gasteiger partial charge in [-0.2, -0.15) is 4.31 Å². The number of thiophene rings is 1. The highest BCUT2D eigenvalue weighted by Gasteiger charge is 2.30. The normalized spacial score (nSPS) is 14.8. The molecule has 0 saturated carbocycles. The van der Waals surface area contributed by atoms with E-state index in [1.807, 2.05) is 37.2 Å². The predicted molar refractivity (Wildman–Crippen MR) is 145 cm³/mol. The Kier molecular flexibility index (Phi) is 8.10. The molecular formula is C25H29N5O5S2. The summed E-state index contributed by atoms with van der Waals surface area (Å²) in [4.78, 5) is 25.5. The summed E-state index contributed by atoms with van der Waals surface area (Å²) in [7, 11) is 0.348. The lowest BCUT2D eigenvalue weighted by Gasteiger charge is -2.32.